The van der Waals surface area contributed by atoms with Crippen molar-refractivity contribution in [3.05, 3.63) is 187 Å². The molecule has 0 saturated heterocycles. The minimum absolute atomic E-state index is 0.0366. The molecule has 2 heterocycles. The number of pyridine rings is 1. The molecule has 6 aromatic carbocycles. The molecule has 3 nitrogen and oxygen atoms in total. The standard InChI is InChI=1S/C48H35N3/c1-48(2)43-13-7-6-12-41(43)42-27-26-39(29-44(42)48)34-14-20-36(21-15-34)45-30-46(37-22-16-35(17-23-37)40-11-8-28-49-31-40)51-47(50-45)38-24-18-33(19-25-38)32-9-4-3-5-10-32/h3-31H,1-2H3. The molecule has 0 amide bonds. The van der Waals surface area contributed by atoms with Crippen LogP contribution in [0.25, 0.3) is 78.4 Å². The Morgan fingerprint density at radius 1 is 0.373 bits per heavy atom. The molecule has 0 atom stereocenters. The van der Waals surface area contributed by atoms with Gasteiger partial charge in [-0.3, -0.25) is 4.98 Å². The molecule has 51 heavy (non-hydrogen) atoms. The first-order valence-corrected chi connectivity index (χ1v) is 17.4. The first-order chi connectivity index (χ1) is 25.0. The molecular weight excluding hydrogens is 619 g/mol. The van der Waals surface area contributed by atoms with Gasteiger partial charge < -0.3 is 0 Å². The molecule has 0 fully saturated rings. The van der Waals surface area contributed by atoms with Crippen molar-refractivity contribution in [1.29, 1.82) is 0 Å². The van der Waals surface area contributed by atoms with Gasteiger partial charge in [-0.15, -0.1) is 0 Å². The van der Waals surface area contributed by atoms with E-state index in [9.17, 15) is 0 Å². The molecule has 2 aromatic heterocycles. The summed E-state index contributed by atoms with van der Waals surface area (Å²) < 4.78 is 0. The van der Waals surface area contributed by atoms with Crippen LogP contribution in [0.1, 0.15) is 25.0 Å². The highest BCUT2D eigenvalue weighted by Gasteiger charge is 2.35. The molecule has 3 heteroatoms. The summed E-state index contributed by atoms with van der Waals surface area (Å²) in [7, 11) is 0. The number of benzene rings is 6. The highest BCUT2D eigenvalue weighted by atomic mass is 14.9. The summed E-state index contributed by atoms with van der Waals surface area (Å²) >= 11 is 0. The zero-order valence-corrected chi connectivity index (χ0v) is 28.6. The lowest BCUT2D eigenvalue weighted by molar-refractivity contribution is 0.660. The monoisotopic (exact) mass is 653 g/mol. The van der Waals surface area contributed by atoms with E-state index in [0.29, 0.717) is 5.82 Å². The molecule has 242 valence electrons. The minimum atomic E-state index is -0.0366. The zero-order chi connectivity index (χ0) is 34.4. The van der Waals surface area contributed by atoms with Gasteiger partial charge in [0.05, 0.1) is 11.4 Å². The molecule has 0 saturated carbocycles. The molecule has 1 aliphatic carbocycles. The van der Waals surface area contributed by atoms with Crippen molar-refractivity contribution >= 4 is 0 Å². The smallest absolute Gasteiger partial charge is 0.160 e. The van der Waals surface area contributed by atoms with E-state index in [2.05, 4.69) is 170 Å². The van der Waals surface area contributed by atoms with Crippen molar-refractivity contribution in [2.24, 2.45) is 0 Å². The zero-order valence-electron chi connectivity index (χ0n) is 28.6. The third-order valence-electron chi connectivity index (χ3n) is 10.2. The Labute approximate surface area is 299 Å². The van der Waals surface area contributed by atoms with E-state index in [-0.39, 0.29) is 5.41 Å². The summed E-state index contributed by atoms with van der Waals surface area (Å²) in [6.45, 7) is 4.66. The molecule has 0 bridgehead atoms. The average molecular weight is 654 g/mol. The largest absolute Gasteiger partial charge is 0.264 e. The van der Waals surface area contributed by atoms with Gasteiger partial charge in [0.1, 0.15) is 0 Å². The van der Waals surface area contributed by atoms with Gasteiger partial charge in [0.15, 0.2) is 5.82 Å². The lowest BCUT2D eigenvalue weighted by atomic mass is 9.81. The quantitative estimate of drug-likeness (QED) is 0.179. The second-order valence-electron chi connectivity index (χ2n) is 13.7. The van der Waals surface area contributed by atoms with Gasteiger partial charge in [-0.1, -0.05) is 159 Å². The fourth-order valence-corrected chi connectivity index (χ4v) is 7.40. The van der Waals surface area contributed by atoms with Crippen LogP contribution in [0, 0.1) is 0 Å². The number of rotatable bonds is 6. The Bertz CT molecular complexity index is 2400. The van der Waals surface area contributed by atoms with Crippen LogP contribution in [0.2, 0.25) is 0 Å². The van der Waals surface area contributed by atoms with Crippen LogP contribution in [0.3, 0.4) is 0 Å². The SMILES string of the molecule is CC1(C)c2ccccc2-c2ccc(-c3ccc(-c4cc(-c5ccc(-c6cccnc6)cc5)nc(-c5ccc(-c6ccccc6)cc5)n4)cc3)cc21. The number of hydrogen-bond donors (Lipinski definition) is 0. The summed E-state index contributed by atoms with van der Waals surface area (Å²) in [4.78, 5) is 14.5. The van der Waals surface area contributed by atoms with Crippen LogP contribution >= 0.6 is 0 Å². The Balaban J connectivity index is 1.08. The number of hydrogen-bond acceptors (Lipinski definition) is 3. The van der Waals surface area contributed by atoms with E-state index in [4.69, 9.17) is 9.97 Å². The second-order valence-corrected chi connectivity index (χ2v) is 13.7. The number of nitrogens with zero attached hydrogens (tertiary/aromatic N) is 3. The average Bonchev–Trinajstić information content (AvgIpc) is 3.44. The third-order valence-corrected chi connectivity index (χ3v) is 10.2. The number of fused-ring (bicyclic) bond motifs is 3. The molecule has 0 radical (unpaired) electrons. The maximum Gasteiger partial charge on any atom is 0.160 e. The van der Waals surface area contributed by atoms with E-state index in [1.165, 1.54) is 38.9 Å². The third kappa shape index (κ3) is 5.63. The second kappa shape index (κ2) is 12.5. The lowest BCUT2D eigenvalue weighted by Crippen LogP contribution is -2.14. The lowest BCUT2D eigenvalue weighted by Gasteiger charge is -2.22. The molecular formula is C48H35N3. The van der Waals surface area contributed by atoms with E-state index in [1.807, 2.05) is 18.3 Å². The Morgan fingerprint density at radius 2 is 0.863 bits per heavy atom. The maximum atomic E-state index is 5.14. The Hall–Kier alpha value is -6.45. The van der Waals surface area contributed by atoms with Gasteiger partial charge in [0, 0.05) is 34.5 Å². The highest BCUT2D eigenvalue weighted by molar-refractivity contribution is 5.84. The van der Waals surface area contributed by atoms with Crippen molar-refractivity contribution < 1.29 is 0 Å². The van der Waals surface area contributed by atoms with Gasteiger partial charge in [0.2, 0.25) is 0 Å². The molecule has 1 aliphatic rings. The summed E-state index contributed by atoms with van der Waals surface area (Å²) in [5, 5.41) is 0. The molecule has 8 aromatic rings. The van der Waals surface area contributed by atoms with Crippen molar-refractivity contribution in [1.82, 2.24) is 15.0 Å². The summed E-state index contributed by atoms with van der Waals surface area (Å²) in [5.74, 6) is 0.697. The summed E-state index contributed by atoms with van der Waals surface area (Å²) in [6.07, 6.45) is 3.69. The van der Waals surface area contributed by atoms with Gasteiger partial charge in [-0.25, -0.2) is 9.97 Å². The predicted molar refractivity (Wildman–Crippen MR) is 210 cm³/mol. The number of aromatic nitrogens is 3. The fraction of sp³-hybridized carbons (Fsp3) is 0.0625. The van der Waals surface area contributed by atoms with Crippen molar-refractivity contribution in [3.63, 3.8) is 0 Å². The van der Waals surface area contributed by atoms with E-state index < -0.39 is 0 Å². The van der Waals surface area contributed by atoms with Gasteiger partial charge in [-0.05, 0) is 73.8 Å². The first-order valence-electron chi connectivity index (χ1n) is 17.4. The Kier molecular flexibility index (Phi) is 7.48. The minimum Gasteiger partial charge on any atom is -0.264 e. The molecule has 0 N–H and O–H groups in total. The van der Waals surface area contributed by atoms with E-state index in [1.54, 1.807) is 6.20 Å². The molecule has 0 aliphatic heterocycles. The van der Waals surface area contributed by atoms with E-state index in [0.717, 1.165) is 44.8 Å². The van der Waals surface area contributed by atoms with E-state index >= 15 is 0 Å². The van der Waals surface area contributed by atoms with Crippen LogP contribution < -0.4 is 0 Å². The first kappa shape index (κ1) is 30.6. The summed E-state index contributed by atoms with van der Waals surface area (Å²) in [5.41, 5.74) is 17.2. The maximum absolute atomic E-state index is 5.14. The topological polar surface area (TPSA) is 38.7 Å². The van der Waals surface area contributed by atoms with Gasteiger partial charge in [0.25, 0.3) is 0 Å². The Morgan fingerprint density at radius 3 is 1.51 bits per heavy atom. The van der Waals surface area contributed by atoms with Crippen molar-refractivity contribution in [2.45, 2.75) is 19.3 Å². The normalized spacial score (nSPS) is 12.7. The van der Waals surface area contributed by atoms with Gasteiger partial charge >= 0.3 is 0 Å². The van der Waals surface area contributed by atoms with Gasteiger partial charge in [-0.2, -0.15) is 0 Å². The molecule has 0 spiro atoms. The molecule has 0 unspecified atom stereocenters. The fourth-order valence-electron chi connectivity index (χ4n) is 7.40. The highest BCUT2D eigenvalue weighted by Crippen LogP contribution is 2.49. The van der Waals surface area contributed by atoms with Crippen molar-refractivity contribution in [2.75, 3.05) is 0 Å². The van der Waals surface area contributed by atoms with Crippen LogP contribution in [0.4, 0.5) is 0 Å². The van der Waals surface area contributed by atoms with Crippen LogP contribution in [-0.2, 0) is 5.41 Å². The van der Waals surface area contributed by atoms with Crippen LogP contribution in [0.5, 0.6) is 0 Å². The van der Waals surface area contributed by atoms with Crippen LogP contribution in [-0.4, -0.2) is 15.0 Å². The summed E-state index contributed by atoms with van der Waals surface area (Å²) in [6, 6.07) is 58.1. The predicted octanol–water partition coefficient (Wildman–Crippen LogP) is 12.2. The molecule has 9 rings (SSSR count). The van der Waals surface area contributed by atoms with Crippen LogP contribution in [0.15, 0.2) is 176 Å². The van der Waals surface area contributed by atoms with Crippen molar-refractivity contribution in [3.8, 4) is 78.4 Å².